The zero-order chi connectivity index (χ0) is 19.4. The van der Waals surface area contributed by atoms with E-state index in [9.17, 15) is 19.8 Å². The molecule has 0 radical (unpaired) electrons. The molecule has 7 nitrogen and oxygen atoms in total. The first kappa shape index (κ1) is 22.1. The third kappa shape index (κ3) is 4.27. The molecule has 8 heteroatoms. The summed E-state index contributed by atoms with van der Waals surface area (Å²) in [6.45, 7) is 1.23. The number of nitrogens with zero attached hydrogens (tertiary/aromatic N) is 1. The Balaban J connectivity index is 0.000000408. The Labute approximate surface area is 172 Å². The third-order valence-corrected chi connectivity index (χ3v) is 4.62. The van der Waals surface area contributed by atoms with Crippen LogP contribution in [0.3, 0.4) is 0 Å². The van der Waals surface area contributed by atoms with E-state index >= 15 is 0 Å². The second kappa shape index (κ2) is 9.32. The van der Waals surface area contributed by atoms with E-state index in [1.54, 1.807) is 31.2 Å². The number of aryl methyl sites for hydroxylation is 1. The van der Waals surface area contributed by atoms with E-state index in [4.69, 9.17) is 4.74 Å². The average molecular weight is 426 g/mol. The maximum absolute atomic E-state index is 12.3. The normalized spacial score (nSPS) is 23.5. The maximum atomic E-state index is 12.3. The fraction of sp³-hybridized carbons (Fsp3) is 0.300. The molecule has 0 amide bonds. The maximum Gasteiger partial charge on any atom is 2.00 e. The van der Waals surface area contributed by atoms with Crippen LogP contribution in [0.25, 0.3) is 0 Å². The van der Waals surface area contributed by atoms with E-state index in [2.05, 4.69) is 4.98 Å². The summed E-state index contributed by atoms with van der Waals surface area (Å²) in [5, 5.41) is 19.5. The number of nitrogens with one attached hydrogen (secondary N) is 1. The number of hydrogen-bond donors (Lipinski definition) is 3. The Morgan fingerprint density at radius 1 is 1.29 bits per heavy atom. The van der Waals surface area contributed by atoms with Crippen LogP contribution in [-0.2, 0) is 27.5 Å². The Morgan fingerprint density at radius 2 is 1.93 bits per heavy atom. The Hall–Kier alpha value is -2.22. The minimum Gasteiger partial charge on any atom is -0.394 e. The van der Waals surface area contributed by atoms with E-state index in [1.807, 2.05) is 30.3 Å². The van der Waals surface area contributed by atoms with Crippen molar-refractivity contribution in [2.45, 2.75) is 31.3 Å². The number of rotatable bonds is 3. The molecule has 0 aliphatic carbocycles. The predicted octanol–water partition coefficient (Wildman–Crippen LogP) is 0.810. The molecule has 28 heavy (non-hydrogen) atoms. The minimum absolute atomic E-state index is 0. The molecule has 1 fully saturated rings. The van der Waals surface area contributed by atoms with Gasteiger partial charge in [0.2, 0.25) is 0 Å². The quantitative estimate of drug-likeness (QED) is 0.425. The summed E-state index contributed by atoms with van der Waals surface area (Å²) >= 11 is 0. The fourth-order valence-electron chi connectivity index (χ4n) is 3.22. The molecule has 1 saturated heterocycles. The molecule has 0 unspecified atom stereocenters. The van der Waals surface area contributed by atoms with Crippen molar-refractivity contribution >= 4 is 0 Å². The summed E-state index contributed by atoms with van der Waals surface area (Å²) in [7, 11) is 0. The van der Waals surface area contributed by atoms with Gasteiger partial charge in [0.05, 0.1) is 12.7 Å². The van der Waals surface area contributed by atoms with Crippen LogP contribution < -0.4 is 11.2 Å². The van der Waals surface area contributed by atoms with Gasteiger partial charge in [0, 0.05) is 18.2 Å². The van der Waals surface area contributed by atoms with E-state index in [-0.39, 0.29) is 30.1 Å². The third-order valence-electron chi connectivity index (χ3n) is 4.62. The van der Waals surface area contributed by atoms with Crippen LogP contribution in [-0.4, -0.2) is 38.6 Å². The Kier molecular flexibility index (Phi) is 7.34. The Morgan fingerprint density at radius 3 is 2.43 bits per heavy atom. The monoisotopic (exact) mass is 426 g/mol. The smallest absolute Gasteiger partial charge is 0.394 e. The van der Waals surface area contributed by atoms with Crippen molar-refractivity contribution in [2.75, 3.05) is 6.61 Å². The van der Waals surface area contributed by atoms with E-state index in [0.717, 1.165) is 0 Å². The van der Waals surface area contributed by atoms with Crippen molar-refractivity contribution in [3.8, 4) is 0 Å². The van der Waals surface area contributed by atoms with Gasteiger partial charge in [0.15, 0.2) is 0 Å². The van der Waals surface area contributed by atoms with E-state index < -0.39 is 29.2 Å². The fourth-order valence-corrected chi connectivity index (χ4v) is 3.22. The molecule has 2 aromatic carbocycles. The van der Waals surface area contributed by atoms with Gasteiger partial charge in [-0.15, -0.1) is 5.56 Å². The zero-order valence-electron chi connectivity index (χ0n) is 15.3. The molecular weight excluding hydrogens is 404 g/mol. The first-order chi connectivity index (χ1) is 13.0. The summed E-state index contributed by atoms with van der Waals surface area (Å²) in [5.74, 6) is 0. The first-order valence-electron chi connectivity index (χ1n) is 8.66. The standard InChI is InChI=1S/C15H17N2O5.C5H5.Fe/c1-9-7-17(14(21)16-13(9)20)15(10-4-2-3-5-10)6-11(19)12(8-18)22-15;1-2-4-5-3-1;/h2-5,7,11-12,18-19H,6,8H2,1H3,(H,16,20,21);1-5H;/q2*-1;+2/t11-,12+,15-;;/m0../s1. The van der Waals surface area contributed by atoms with Crippen LogP contribution in [0.2, 0.25) is 0 Å². The number of hydrogen-bond acceptors (Lipinski definition) is 5. The summed E-state index contributed by atoms with van der Waals surface area (Å²) < 4.78 is 7.13. The van der Waals surface area contributed by atoms with Crippen LogP contribution in [0.15, 0.2) is 70.4 Å². The van der Waals surface area contributed by atoms with Gasteiger partial charge in [-0.1, -0.05) is 0 Å². The number of aromatic amines is 1. The van der Waals surface area contributed by atoms with E-state index in [1.165, 1.54) is 10.8 Å². The minimum atomic E-state index is -1.25. The van der Waals surface area contributed by atoms with Crippen molar-refractivity contribution in [3.63, 3.8) is 0 Å². The van der Waals surface area contributed by atoms with Gasteiger partial charge in [-0.05, 0) is 6.92 Å². The van der Waals surface area contributed by atoms with Gasteiger partial charge in [0.1, 0.15) is 11.8 Å². The molecule has 1 aliphatic rings. The van der Waals surface area contributed by atoms with Crippen LogP contribution in [0.1, 0.15) is 17.5 Å². The zero-order valence-corrected chi connectivity index (χ0v) is 16.4. The SMILES string of the molecule is Cc1cn([C@@]2([c-]3cccc3)C[C@H](O)[C@@H](CO)O2)c(=O)[nH]c1=O.[Fe+2].c1cc[cH-]c1. The molecule has 2 heterocycles. The number of aromatic nitrogens is 2. The first-order valence-corrected chi connectivity index (χ1v) is 8.66. The molecule has 3 N–H and O–H groups in total. The molecule has 0 spiro atoms. The Bertz CT molecular complexity index is 944. The second-order valence-electron chi connectivity index (χ2n) is 6.47. The van der Waals surface area contributed by atoms with Gasteiger partial charge in [-0.3, -0.25) is 14.3 Å². The molecule has 4 rings (SSSR count). The van der Waals surface area contributed by atoms with E-state index in [0.29, 0.717) is 11.1 Å². The molecule has 150 valence electrons. The molecule has 0 saturated carbocycles. The summed E-state index contributed by atoms with van der Waals surface area (Å²) in [6.07, 6.45) is -0.193. The molecular formula is C20H22FeN2O5. The molecule has 1 aromatic heterocycles. The van der Waals surface area contributed by atoms with Crippen molar-refractivity contribution < 1.29 is 32.0 Å². The largest absolute Gasteiger partial charge is 2.00 e. The van der Waals surface area contributed by atoms with Gasteiger partial charge in [-0.25, -0.2) is 29.1 Å². The second-order valence-corrected chi connectivity index (χ2v) is 6.47. The number of H-pyrrole nitrogens is 1. The van der Waals surface area contributed by atoms with Crippen molar-refractivity contribution in [1.82, 2.24) is 9.55 Å². The van der Waals surface area contributed by atoms with Gasteiger partial charge in [0.25, 0.3) is 5.56 Å². The van der Waals surface area contributed by atoms with Crippen molar-refractivity contribution in [3.05, 3.63) is 92.8 Å². The van der Waals surface area contributed by atoms with Crippen LogP contribution in [0.4, 0.5) is 0 Å². The van der Waals surface area contributed by atoms with Crippen LogP contribution in [0, 0.1) is 6.92 Å². The number of aliphatic hydroxyl groups excluding tert-OH is 2. The van der Waals surface area contributed by atoms with Crippen LogP contribution in [0.5, 0.6) is 0 Å². The van der Waals surface area contributed by atoms with Gasteiger partial charge >= 0.3 is 22.8 Å². The predicted molar refractivity (Wildman–Crippen MR) is 99.8 cm³/mol. The average Bonchev–Trinajstić information content (AvgIpc) is 3.40. The topological polar surface area (TPSA) is 105 Å². The van der Waals surface area contributed by atoms with Crippen molar-refractivity contribution in [1.29, 1.82) is 0 Å². The molecule has 1 aliphatic heterocycles. The number of ether oxygens (including phenoxy) is 1. The molecule has 3 atom stereocenters. The molecule has 3 aromatic rings. The number of aliphatic hydroxyl groups is 2. The van der Waals surface area contributed by atoms with Gasteiger partial charge in [-0.2, -0.15) is 30.3 Å². The summed E-state index contributed by atoms with van der Waals surface area (Å²) in [5.41, 5.74) is -1.30. The van der Waals surface area contributed by atoms with Gasteiger partial charge < -0.3 is 14.9 Å². The summed E-state index contributed by atoms with van der Waals surface area (Å²) in [4.78, 5) is 26.1. The van der Waals surface area contributed by atoms with Crippen LogP contribution >= 0.6 is 0 Å². The summed E-state index contributed by atoms with van der Waals surface area (Å²) in [6, 6.07) is 17.1. The van der Waals surface area contributed by atoms with Crippen molar-refractivity contribution in [2.24, 2.45) is 0 Å². The molecule has 0 bridgehead atoms.